The number of benzene rings is 2. The first kappa shape index (κ1) is 31.2. The van der Waals surface area contributed by atoms with Gasteiger partial charge in [0.1, 0.15) is 5.69 Å². The third-order valence-electron chi connectivity index (χ3n) is 8.16. The number of hydrogen-bond donors (Lipinski definition) is 2. The van der Waals surface area contributed by atoms with Crippen molar-refractivity contribution < 1.29 is 17.9 Å². The van der Waals surface area contributed by atoms with Gasteiger partial charge in [-0.2, -0.15) is 5.10 Å². The molecule has 1 aliphatic rings. The van der Waals surface area contributed by atoms with Crippen molar-refractivity contribution in [2.45, 2.75) is 78.2 Å². The fourth-order valence-electron chi connectivity index (χ4n) is 5.72. The molecular formula is C32H41N7O4S. The van der Waals surface area contributed by atoms with E-state index in [1.54, 1.807) is 28.9 Å². The molecule has 1 fully saturated rings. The molecule has 2 aromatic carbocycles. The Bertz CT molecular complexity index is 1800. The highest BCUT2D eigenvalue weighted by Crippen LogP contribution is 2.39. The minimum absolute atomic E-state index is 0.217. The molecule has 4 aromatic rings. The first-order valence-electron chi connectivity index (χ1n) is 14.8. The highest BCUT2D eigenvalue weighted by molar-refractivity contribution is 7.92. The molecule has 2 heterocycles. The zero-order valence-corrected chi connectivity index (χ0v) is 27.2. The van der Waals surface area contributed by atoms with Gasteiger partial charge >= 0.3 is 0 Å². The van der Waals surface area contributed by atoms with Crippen molar-refractivity contribution in [2.75, 3.05) is 23.4 Å². The van der Waals surface area contributed by atoms with Crippen LogP contribution in [0.4, 0.5) is 11.4 Å². The van der Waals surface area contributed by atoms with Crippen molar-refractivity contribution in [1.29, 1.82) is 0 Å². The molecule has 5 rings (SSSR count). The summed E-state index contributed by atoms with van der Waals surface area (Å²) >= 11 is 0. The number of hydrogen-bond acceptors (Lipinski definition) is 7. The van der Waals surface area contributed by atoms with Gasteiger partial charge in [-0.05, 0) is 67.5 Å². The lowest BCUT2D eigenvalue weighted by atomic mass is 9.86. The van der Waals surface area contributed by atoms with Crippen LogP contribution in [0.1, 0.15) is 86.1 Å². The summed E-state index contributed by atoms with van der Waals surface area (Å²) in [4.78, 5) is 13.6. The van der Waals surface area contributed by atoms with E-state index >= 15 is 0 Å². The summed E-state index contributed by atoms with van der Waals surface area (Å²) < 4.78 is 36.1. The second-order valence-electron chi connectivity index (χ2n) is 12.6. The number of anilines is 2. The molecule has 0 unspecified atom stereocenters. The van der Waals surface area contributed by atoms with E-state index in [-0.39, 0.29) is 22.8 Å². The summed E-state index contributed by atoms with van der Waals surface area (Å²) in [5.41, 5.74) is 5.85. The molecule has 1 aliphatic carbocycles. The molecule has 12 heteroatoms. The van der Waals surface area contributed by atoms with Crippen molar-refractivity contribution in [3.8, 4) is 22.7 Å². The lowest BCUT2D eigenvalue weighted by Gasteiger charge is -2.24. The number of carbonyl (C=O) groups excluding carboxylic acids is 1. The van der Waals surface area contributed by atoms with Crippen LogP contribution in [-0.4, -0.2) is 52.5 Å². The van der Waals surface area contributed by atoms with Gasteiger partial charge in [0.15, 0.2) is 5.75 Å². The molecule has 11 nitrogen and oxygen atoms in total. The summed E-state index contributed by atoms with van der Waals surface area (Å²) in [5.74, 6) is -0.167. The smallest absolute Gasteiger partial charge is 0.255 e. The molecule has 0 atom stereocenters. The third kappa shape index (κ3) is 6.64. The average molecular weight is 620 g/mol. The van der Waals surface area contributed by atoms with E-state index in [0.717, 1.165) is 41.5 Å². The molecule has 0 saturated heterocycles. The van der Waals surface area contributed by atoms with Crippen LogP contribution >= 0.6 is 0 Å². The van der Waals surface area contributed by atoms with Gasteiger partial charge in [0.25, 0.3) is 5.91 Å². The van der Waals surface area contributed by atoms with Crippen LogP contribution in [0.3, 0.4) is 0 Å². The van der Waals surface area contributed by atoms with Crippen LogP contribution in [0.25, 0.3) is 16.9 Å². The third-order valence-corrected chi connectivity index (χ3v) is 8.75. The van der Waals surface area contributed by atoms with E-state index in [9.17, 15) is 13.2 Å². The molecule has 234 valence electrons. The monoisotopic (exact) mass is 619 g/mol. The Morgan fingerprint density at radius 3 is 2.41 bits per heavy atom. The number of methoxy groups -OCH3 is 1. The summed E-state index contributed by atoms with van der Waals surface area (Å²) in [7, 11) is -2.17. The average Bonchev–Trinajstić information content (AvgIpc) is 3.59. The zero-order valence-electron chi connectivity index (χ0n) is 26.4. The zero-order chi connectivity index (χ0) is 31.8. The highest BCUT2D eigenvalue weighted by atomic mass is 32.2. The molecule has 1 amide bonds. The quantitative estimate of drug-likeness (QED) is 0.241. The number of nitrogens with one attached hydrogen (secondary N) is 2. The van der Waals surface area contributed by atoms with Crippen LogP contribution in [0, 0.1) is 13.8 Å². The van der Waals surface area contributed by atoms with Crippen LogP contribution in [-0.2, 0) is 15.4 Å². The Morgan fingerprint density at radius 1 is 1.05 bits per heavy atom. The summed E-state index contributed by atoms with van der Waals surface area (Å²) in [5, 5.41) is 16.5. The van der Waals surface area contributed by atoms with Crippen molar-refractivity contribution in [1.82, 2.24) is 24.8 Å². The molecule has 0 bridgehead atoms. The van der Waals surface area contributed by atoms with Crippen LogP contribution in [0.2, 0.25) is 0 Å². The molecule has 2 aromatic heterocycles. The van der Waals surface area contributed by atoms with Crippen LogP contribution in [0.15, 0.2) is 42.7 Å². The van der Waals surface area contributed by atoms with E-state index in [4.69, 9.17) is 9.84 Å². The number of amides is 1. The number of rotatable bonds is 8. The minimum atomic E-state index is -3.60. The lowest BCUT2D eigenvalue weighted by molar-refractivity contribution is 0.102. The lowest BCUT2D eigenvalue weighted by Crippen LogP contribution is -2.18. The highest BCUT2D eigenvalue weighted by Gasteiger charge is 2.24. The second kappa shape index (κ2) is 12.1. The van der Waals surface area contributed by atoms with Crippen molar-refractivity contribution in [3.05, 3.63) is 65.1 Å². The largest absolute Gasteiger partial charge is 0.492 e. The Morgan fingerprint density at radius 2 is 1.75 bits per heavy atom. The SMILES string of the molecule is COc1c(NC(=O)c2ccc(C)c(-n3cc(-c4cnn(C5CCCCC5)c4C)nn3)c2)cc(C(C)(C)C)cc1NS(C)(=O)=O. The van der Waals surface area contributed by atoms with E-state index in [1.165, 1.54) is 26.4 Å². The Labute approximate surface area is 259 Å². The fraction of sp³-hybridized carbons (Fsp3) is 0.438. The van der Waals surface area contributed by atoms with Crippen molar-refractivity contribution in [2.24, 2.45) is 0 Å². The maximum absolute atomic E-state index is 13.6. The molecular weight excluding hydrogens is 578 g/mol. The van der Waals surface area contributed by atoms with E-state index in [0.29, 0.717) is 28.7 Å². The fourth-order valence-corrected chi connectivity index (χ4v) is 6.27. The Balaban J connectivity index is 1.44. The maximum atomic E-state index is 13.6. The summed E-state index contributed by atoms with van der Waals surface area (Å²) in [6.07, 6.45) is 10.8. The number of aromatic nitrogens is 5. The molecule has 0 radical (unpaired) electrons. The molecule has 2 N–H and O–H groups in total. The van der Waals surface area contributed by atoms with Gasteiger partial charge in [0, 0.05) is 16.8 Å². The number of sulfonamides is 1. The van der Waals surface area contributed by atoms with Crippen molar-refractivity contribution >= 4 is 27.3 Å². The number of aryl methyl sites for hydroxylation is 1. The molecule has 0 spiro atoms. The second-order valence-corrected chi connectivity index (χ2v) is 14.4. The number of ether oxygens (including phenoxy) is 1. The molecule has 0 aliphatic heterocycles. The van der Waals surface area contributed by atoms with Gasteiger partial charge < -0.3 is 10.1 Å². The van der Waals surface area contributed by atoms with Gasteiger partial charge in [-0.1, -0.05) is 51.3 Å². The van der Waals surface area contributed by atoms with Crippen LogP contribution in [0.5, 0.6) is 5.75 Å². The predicted molar refractivity (Wildman–Crippen MR) is 172 cm³/mol. The number of nitrogens with zero attached hydrogens (tertiary/aromatic N) is 5. The normalized spacial score (nSPS) is 14.4. The van der Waals surface area contributed by atoms with E-state index in [1.807, 2.05) is 46.2 Å². The van der Waals surface area contributed by atoms with Gasteiger partial charge in [-0.15, -0.1) is 5.10 Å². The Kier molecular flexibility index (Phi) is 8.57. The topological polar surface area (TPSA) is 133 Å². The van der Waals surface area contributed by atoms with E-state index < -0.39 is 10.0 Å². The molecule has 44 heavy (non-hydrogen) atoms. The first-order valence-corrected chi connectivity index (χ1v) is 16.7. The maximum Gasteiger partial charge on any atom is 0.255 e. The van der Waals surface area contributed by atoms with Crippen molar-refractivity contribution in [3.63, 3.8) is 0 Å². The summed E-state index contributed by atoms with van der Waals surface area (Å²) in [6.45, 7) is 10.0. The molecule has 1 saturated carbocycles. The summed E-state index contributed by atoms with van der Waals surface area (Å²) in [6, 6.07) is 9.31. The Hall–Kier alpha value is -4.19. The van der Waals surface area contributed by atoms with Gasteiger partial charge in [-0.3, -0.25) is 14.2 Å². The predicted octanol–water partition coefficient (Wildman–Crippen LogP) is 6.18. The first-order chi connectivity index (χ1) is 20.7. The van der Waals surface area contributed by atoms with Crippen LogP contribution < -0.4 is 14.8 Å². The van der Waals surface area contributed by atoms with Gasteiger partial charge in [0.2, 0.25) is 10.0 Å². The van der Waals surface area contributed by atoms with E-state index in [2.05, 4.69) is 32.0 Å². The van der Waals surface area contributed by atoms with Gasteiger partial charge in [-0.25, -0.2) is 13.1 Å². The van der Waals surface area contributed by atoms with Gasteiger partial charge in [0.05, 0.1) is 48.9 Å². The minimum Gasteiger partial charge on any atom is -0.492 e. The number of carbonyl (C=O) groups is 1. The standard InChI is InChI=1S/C32H41N7O4S/c1-20-13-14-22(31(40)34-26-16-23(32(3,4)5)17-27(30(26)43-6)36-44(7,41)42)15-29(20)38-19-28(35-37-38)25-18-33-39(21(25)2)24-11-9-8-10-12-24/h13-19,24,36H,8-12H2,1-7H3,(H,34,40).